The summed E-state index contributed by atoms with van der Waals surface area (Å²) in [4.78, 5) is 37.9. The Hall–Kier alpha value is -4.34. The largest absolute Gasteiger partial charge is 0.480 e. The van der Waals surface area contributed by atoms with E-state index >= 15 is 0 Å². The fraction of sp³-hybridized carbons (Fsp3) is 0.240. The number of benzene rings is 2. The molecule has 9 nitrogen and oxygen atoms in total. The summed E-state index contributed by atoms with van der Waals surface area (Å²) < 4.78 is 25.0. The number of carbonyl (C=O) groups excluding carboxylic acids is 1. The van der Waals surface area contributed by atoms with E-state index in [9.17, 15) is 19.1 Å². The summed E-state index contributed by atoms with van der Waals surface area (Å²) in [5, 5.41) is 9.26. The highest BCUT2D eigenvalue weighted by Crippen LogP contribution is 2.27. The lowest BCUT2D eigenvalue weighted by molar-refractivity contribution is -0.148. The van der Waals surface area contributed by atoms with Crippen molar-refractivity contribution in [1.29, 1.82) is 0 Å². The van der Waals surface area contributed by atoms with Gasteiger partial charge in [0.05, 0.1) is 6.20 Å². The number of aliphatic carboxylic acids is 1. The van der Waals surface area contributed by atoms with E-state index in [4.69, 9.17) is 9.15 Å². The lowest BCUT2D eigenvalue weighted by Gasteiger charge is -2.21. The predicted octanol–water partition coefficient (Wildman–Crippen LogP) is 4.22. The standard InChI is InChI=1S/C25H21FN4O5/c26-17-4-1-2-6-20(17)34-25-27-14-18-23(29-25)35-22(28-18)16-10-7-15(8-11-16)9-12-21(31)30-13-3-5-19(30)24(32)33/h1-2,4,6-8,10-11,14,19H,3,5,9,12-13H2,(H,32,33). The van der Waals surface area contributed by atoms with E-state index < -0.39 is 17.8 Å². The highest BCUT2D eigenvalue weighted by molar-refractivity contribution is 5.84. The minimum atomic E-state index is -0.950. The number of para-hydroxylation sites is 1. The number of rotatable bonds is 7. The number of ether oxygens (including phenoxy) is 1. The number of hydrogen-bond donors (Lipinski definition) is 1. The van der Waals surface area contributed by atoms with Crippen LogP contribution in [0, 0.1) is 5.82 Å². The highest BCUT2D eigenvalue weighted by atomic mass is 19.1. The van der Waals surface area contributed by atoms with E-state index in [2.05, 4.69) is 15.0 Å². The Balaban J connectivity index is 1.25. The first-order chi connectivity index (χ1) is 17.0. The zero-order valence-electron chi connectivity index (χ0n) is 18.6. The van der Waals surface area contributed by atoms with E-state index in [0.717, 1.165) is 5.56 Å². The van der Waals surface area contributed by atoms with Crippen LogP contribution in [0.5, 0.6) is 11.8 Å². The minimum Gasteiger partial charge on any atom is -0.480 e. The number of carboxylic acids is 1. The maximum absolute atomic E-state index is 13.8. The maximum Gasteiger partial charge on any atom is 0.326 e. The van der Waals surface area contributed by atoms with E-state index in [1.165, 1.54) is 23.2 Å². The van der Waals surface area contributed by atoms with Crippen molar-refractivity contribution in [2.45, 2.75) is 31.7 Å². The first-order valence-electron chi connectivity index (χ1n) is 11.2. The van der Waals surface area contributed by atoms with Gasteiger partial charge in [-0.05, 0) is 49.1 Å². The number of amides is 1. The number of likely N-dealkylation sites (tertiary alicyclic amines) is 1. The summed E-state index contributed by atoms with van der Waals surface area (Å²) in [5.74, 6) is -1.29. The molecule has 1 atom stereocenters. The van der Waals surface area contributed by atoms with Gasteiger partial charge in [0.2, 0.25) is 11.8 Å². The van der Waals surface area contributed by atoms with Crippen molar-refractivity contribution in [1.82, 2.24) is 19.9 Å². The van der Waals surface area contributed by atoms with Gasteiger partial charge in [-0.25, -0.2) is 19.2 Å². The first-order valence-corrected chi connectivity index (χ1v) is 11.2. The quantitative estimate of drug-likeness (QED) is 0.421. The highest BCUT2D eigenvalue weighted by Gasteiger charge is 2.33. The van der Waals surface area contributed by atoms with E-state index in [-0.39, 0.29) is 29.8 Å². The van der Waals surface area contributed by atoms with Crippen molar-refractivity contribution in [3.63, 3.8) is 0 Å². The summed E-state index contributed by atoms with van der Waals surface area (Å²) in [6, 6.07) is 12.6. The van der Waals surface area contributed by atoms with Crippen LogP contribution >= 0.6 is 0 Å². The van der Waals surface area contributed by atoms with Crippen molar-refractivity contribution in [2.24, 2.45) is 0 Å². The molecule has 1 unspecified atom stereocenters. The van der Waals surface area contributed by atoms with Crippen LogP contribution in [0.1, 0.15) is 24.8 Å². The second kappa shape index (κ2) is 9.49. The Morgan fingerprint density at radius 2 is 1.94 bits per heavy atom. The van der Waals surface area contributed by atoms with Gasteiger partial charge in [0, 0.05) is 18.5 Å². The number of oxazole rings is 1. The van der Waals surface area contributed by atoms with Gasteiger partial charge in [-0.3, -0.25) is 4.79 Å². The molecule has 35 heavy (non-hydrogen) atoms. The van der Waals surface area contributed by atoms with Gasteiger partial charge in [-0.1, -0.05) is 24.3 Å². The predicted molar refractivity (Wildman–Crippen MR) is 122 cm³/mol. The molecule has 2 aromatic heterocycles. The molecular weight excluding hydrogens is 455 g/mol. The van der Waals surface area contributed by atoms with Crippen molar-refractivity contribution in [2.75, 3.05) is 6.54 Å². The molecule has 1 aliphatic heterocycles. The molecule has 10 heteroatoms. The molecule has 5 rings (SSSR count). The van der Waals surface area contributed by atoms with Crippen LogP contribution in [-0.2, 0) is 16.0 Å². The van der Waals surface area contributed by atoms with Gasteiger partial charge in [-0.2, -0.15) is 4.98 Å². The van der Waals surface area contributed by atoms with Crippen molar-refractivity contribution < 1.29 is 28.2 Å². The maximum atomic E-state index is 13.8. The van der Waals surface area contributed by atoms with E-state index in [1.807, 2.05) is 24.3 Å². The SMILES string of the molecule is O=C(O)C1CCCN1C(=O)CCc1ccc(-c2nc3cnc(Oc4ccccc4F)nc3o2)cc1. The monoisotopic (exact) mass is 476 g/mol. The number of carboxylic acid groups (broad SMARTS) is 1. The number of fused-ring (bicyclic) bond motifs is 1. The van der Waals surface area contributed by atoms with Crippen LogP contribution in [-0.4, -0.2) is 49.4 Å². The Morgan fingerprint density at radius 1 is 1.14 bits per heavy atom. The summed E-state index contributed by atoms with van der Waals surface area (Å²) in [6.45, 7) is 0.488. The number of hydrogen-bond acceptors (Lipinski definition) is 7. The van der Waals surface area contributed by atoms with Gasteiger partial charge >= 0.3 is 12.0 Å². The molecule has 0 aliphatic carbocycles. The molecule has 1 aliphatic rings. The molecule has 2 aromatic carbocycles. The third-order valence-electron chi connectivity index (χ3n) is 5.85. The molecule has 1 N–H and O–H groups in total. The molecular formula is C25H21FN4O5. The van der Waals surface area contributed by atoms with Gasteiger partial charge in [0.15, 0.2) is 11.6 Å². The first kappa shape index (κ1) is 22.5. The second-order valence-corrected chi connectivity index (χ2v) is 8.17. The zero-order chi connectivity index (χ0) is 24.4. The number of aromatic nitrogens is 3. The van der Waals surface area contributed by atoms with Crippen molar-refractivity contribution in [3.8, 4) is 23.2 Å². The number of nitrogens with zero attached hydrogens (tertiary/aromatic N) is 4. The molecule has 0 bridgehead atoms. The Morgan fingerprint density at radius 3 is 2.71 bits per heavy atom. The van der Waals surface area contributed by atoms with E-state index in [0.29, 0.717) is 42.8 Å². The smallest absolute Gasteiger partial charge is 0.326 e. The normalized spacial score (nSPS) is 15.5. The van der Waals surface area contributed by atoms with Crippen LogP contribution in [0.4, 0.5) is 4.39 Å². The second-order valence-electron chi connectivity index (χ2n) is 8.17. The third-order valence-corrected chi connectivity index (χ3v) is 5.85. The number of carbonyl (C=O) groups is 2. The molecule has 0 spiro atoms. The summed E-state index contributed by atoms with van der Waals surface area (Å²) >= 11 is 0. The zero-order valence-corrected chi connectivity index (χ0v) is 18.6. The van der Waals surface area contributed by atoms with Crippen LogP contribution < -0.4 is 4.74 Å². The summed E-state index contributed by atoms with van der Waals surface area (Å²) in [5.41, 5.74) is 2.27. The molecule has 178 valence electrons. The topological polar surface area (TPSA) is 119 Å². The van der Waals surface area contributed by atoms with Crippen LogP contribution in [0.15, 0.2) is 59.1 Å². The van der Waals surface area contributed by atoms with Gasteiger partial charge in [0.1, 0.15) is 11.6 Å². The van der Waals surface area contributed by atoms with Gasteiger partial charge in [0.25, 0.3) is 5.71 Å². The summed E-state index contributed by atoms with van der Waals surface area (Å²) in [6.07, 6.45) is 3.39. The van der Waals surface area contributed by atoms with Crippen LogP contribution in [0.2, 0.25) is 0 Å². The average Bonchev–Trinajstić information content (AvgIpc) is 3.52. The summed E-state index contributed by atoms with van der Waals surface area (Å²) in [7, 11) is 0. The molecule has 0 saturated carbocycles. The van der Waals surface area contributed by atoms with Crippen LogP contribution in [0.3, 0.4) is 0 Å². The third kappa shape index (κ3) is 4.81. The Bertz CT molecular complexity index is 1390. The molecule has 3 heterocycles. The number of halogens is 1. The fourth-order valence-corrected chi connectivity index (χ4v) is 4.05. The molecule has 4 aromatic rings. The molecule has 1 fully saturated rings. The lowest BCUT2D eigenvalue weighted by atomic mass is 10.1. The molecule has 0 radical (unpaired) electrons. The van der Waals surface area contributed by atoms with Crippen molar-refractivity contribution >= 4 is 23.1 Å². The fourth-order valence-electron chi connectivity index (χ4n) is 4.05. The Labute approximate surface area is 199 Å². The minimum absolute atomic E-state index is 0.00358. The molecule has 1 amide bonds. The number of aryl methyl sites for hydroxylation is 1. The van der Waals surface area contributed by atoms with Gasteiger partial charge in [-0.15, -0.1) is 0 Å². The Kier molecular flexibility index (Phi) is 6.09. The van der Waals surface area contributed by atoms with Crippen molar-refractivity contribution in [3.05, 3.63) is 66.1 Å². The van der Waals surface area contributed by atoms with Crippen LogP contribution in [0.25, 0.3) is 22.7 Å². The van der Waals surface area contributed by atoms with Gasteiger partial charge < -0.3 is 19.2 Å². The van der Waals surface area contributed by atoms with E-state index in [1.54, 1.807) is 12.1 Å². The average molecular weight is 476 g/mol. The lowest BCUT2D eigenvalue weighted by Crippen LogP contribution is -2.40. The molecule has 1 saturated heterocycles.